The van der Waals surface area contributed by atoms with E-state index in [2.05, 4.69) is 88.3 Å². The average molecular weight is 466 g/mol. The molecule has 158 valence electrons. The molecule has 1 aromatic heterocycles. The highest BCUT2D eigenvalue weighted by Crippen LogP contribution is 2.60. The molecule has 5 aromatic rings. The monoisotopic (exact) mass is 465 g/mol. The van der Waals surface area contributed by atoms with Crippen LogP contribution in [0.5, 0.6) is 11.5 Å². The van der Waals surface area contributed by atoms with Crippen molar-refractivity contribution in [1.29, 1.82) is 0 Å². The topological polar surface area (TPSA) is 25.6 Å². The van der Waals surface area contributed by atoms with Crippen molar-refractivity contribution in [3.8, 4) is 22.1 Å². The quantitative estimate of drug-likeness (QED) is 0.243. The average Bonchev–Trinajstić information content (AvgIpc) is 3.45. The lowest BCUT2D eigenvalue weighted by molar-refractivity contribution is -0.811. The summed E-state index contributed by atoms with van der Waals surface area (Å²) >= 11 is 3.63. The molecule has 0 aliphatic carbocycles. The molecular formula is C27H17N2O2S2+. The number of aromatic nitrogens is 1. The Morgan fingerprint density at radius 1 is 0.758 bits per heavy atom. The molecule has 0 amide bonds. The Morgan fingerprint density at radius 2 is 1.48 bits per heavy atom. The molecule has 2 unspecified atom stereocenters. The van der Waals surface area contributed by atoms with E-state index in [4.69, 9.17) is 9.47 Å². The van der Waals surface area contributed by atoms with E-state index in [9.17, 15) is 0 Å². The molecule has 0 N–H and O–H groups in total. The zero-order valence-corrected chi connectivity index (χ0v) is 19.0. The second kappa shape index (κ2) is 6.31. The normalized spacial score (nSPS) is 21.5. The van der Waals surface area contributed by atoms with Crippen LogP contribution in [0.25, 0.3) is 20.8 Å². The van der Waals surface area contributed by atoms with Crippen LogP contribution in [0, 0.1) is 0 Å². The van der Waals surface area contributed by atoms with Crippen molar-refractivity contribution in [3.05, 3.63) is 103 Å². The number of thiazole rings is 1. The molecule has 4 aromatic carbocycles. The van der Waals surface area contributed by atoms with Gasteiger partial charge in [-0.15, -0.1) is 0 Å². The minimum Gasteiger partial charge on any atom is -0.380 e. The largest absolute Gasteiger partial charge is 0.582 e. The number of benzene rings is 4. The lowest BCUT2D eigenvalue weighted by Gasteiger charge is -2.43. The molecule has 33 heavy (non-hydrogen) atoms. The van der Waals surface area contributed by atoms with E-state index in [0.717, 1.165) is 38.8 Å². The summed E-state index contributed by atoms with van der Waals surface area (Å²) in [6.07, 6.45) is 0. The van der Waals surface area contributed by atoms with Gasteiger partial charge in [0.15, 0.2) is 0 Å². The Labute approximate surface area is 198 Å². The van der Waals surface area contributed by atoms with Crippen LogP contribution < -0.4 is 18.9 Å². The van der Waals surface area contributed by atoms with Crippen LogP contribution in [0.2, 0.25) is 0 Å². The molecule has 3 aliphatic heterocycles. The second-order valence-corrected chi connectivity index (χ2v) is 10.5. The molecule has 4 nitrogen and oxygen atoms in total. The maximum Gasteiger partial charge on any atom is 0.582 e. The minimum atomic E-state index is -1.18. The van der Waals surface area contributed by atoms with Crippen molar-refractivity contribution in [1.82, 2.24) is 0 Å². The lowest BCUT2D eigenvalue weighted by Crippen LogP contribution is -2.75. The first-order valence-corrected chi connectivity index (χ1v) is 12.6. The Kier molecular flexibility index (Phi) is 3.44. The van der Waals surface area contributed by atoms with Crippen molar-refractivity contribution < 1.29 is 14.0 Å². The van der Waals surface area contributed by atoms with Crippen LogP contribution in [0.15, 0.2) is 102 Å². The molecule has 0 fully saturated rings. The van der Waals surface area contributed by atoms with Gasteiger partial charge in [-0.25, -0.2) is 4.90 Å². The third kappa shape index (κ3) is 2.25. The van der Waals surface area contributed by atoms with Gasteiger partial charge in [-0.3, -0.25) is 0 Å². The summed E-state index contributed by atoms with van der Waals surface area (Å²) < 4.78 is 17.3. The van der Waals surface area contributed by atoms with Gasteiger partial charge in [-0.05, 0) is 36.4 Å². The molecule has 0 radical (unpaired) electrons. The van der Waals surface area contributed by atoms with Crippen molar-refractivity contribution in [3.63, 3.8) is 0 Å². The fraction of sp³-hybridized carbons (Fsp3) is 0.0741. The standard InChI is InChI=1S/C27H17N2O2S2/c1-5-13-21-17(9-1)25-28(19-11-3-7-15-23(19)32-25)27(30-21)29-20-12-4-8-16-24(20)33-26(29)18-10-2-6-14-22(18)31-27/h1-16,25H/q+1. The summed E-state index contributed by atoms with van der Waals surface area (Å²) in [5, 5.41) is 1.17. The van der Waals surface area contributed by atoms with Crippen LogP contribution in [0.4, 0.5) is 5.69 Å². The number of ether oxygens (including phenoxy) is 2. The molecule has 3 aliphatic rings. The van der Waals surface area contributed by atoms with Gasteiger partial charge >= 0.3 is 6.03 Å². The van der Waals surface area contributed by atoms with Crippen molar-refractivity contribution in [2.75, 3.05) is 4.90 Å². The van der Waals surface area contributed by atoms with Gasteiger partial charge in [0.25, 0.3) is 5.01 Å². The number of thioether (sulfide) groups is 1. The van der Waals surface area contributed by atoms with Gasteiger partial charge in [0, 0.05) is 16.5 Å². The zero-order chi connectivity index (χ0) is 21.6. The minimum absolute atomic E-state index is 0.0385. The van der Waals surface area contributed by atoms with Crippen LogP contribution in [-0.2, 0) is 6.03 Å². The first kappa shape index (κ1) is 18.0. The van der Waals surface area contributed by atoms with Gasteiger partial charge in [0.05, 0.1) is 5.69 Å². The van der Waals surface area contributed by atoms with Gasteiger partial charge in [0.2, 0.25) is 5.52 Å². The van der Waals surface area contributed by atoms with Gasteiger partial charge in [-0.1, -0.05) is 82.3 Å². The Bertz CT molecular complexity index is 1600. The van der Waals surface area contributed by atoms with Crippen LogP contribution in [0.3, 0.4) is 0 Å². The van der Waals surface area contributed by atoms with E-state index in [1.807, 2.05) is 30.0 Å². The number of hydrogen-bond acceptors (Lipinski definition) is 5. The molecular weight excluding hydrogens is 448 g/mol. The van der Waals surface area contributed by atoms with Crippen molar-refractivity contribution >= 4 is 39.0 Å². The van der Waals surface area contributed by atoms with Crippen molar-refractivity contribution in [2.45, 2.75) is 16.3 Å². The van der Waals surface area contributed by atoms with Gasteiger partial charge in [-0.2, -0.15) is 0 Å². The van der Waals surface area contributed by atoms with Crippen LogP contribution >= 0.6 is 23.1 Å². The Morgan fingerprint density at radius 3 is 2.45 bits per heavy atom. The third-order valence-electron chi connectivity index (χ3n) is 6.49. The highest BCUT2D eigenvalue weighted by atomic mass is 32.2. The van der Waals surface area contributed by atoms with E-state index in [1.165, 1.54) is 9.60 Å². The molecule has 1 spiro atoms. The van der Waals surface area contributed by atoms with E-state index >= 15 is 0 Å². The van der Waals surface area contributed by atoms with E-state index in [1.54, 1.807) is 11.3 Å². The summed E-state index contributed by atoms with van der Waals surface area (Å²) in [5.41, 5.74) is 4.46. The number of hydrogen-bond donors (Lipinski definition) is 0. The highest BCUT2D eigenvalue weighted by Gasteiger charge is 2.66. The maximum atomic E-state index is 6.94. The Hall–Kier alpha value is -3.48. The zero-order valence-electron chi connectivity index (χ0n) is 17.3. The summed E-state index contributed by atoms with van der Waals surface area (Å²) in [6.45, 7) is 0. The first-order valence-electron chi connectivity index (χ1n) is 10.9. The molecule has 2 atom stereocenters. The van der Waals surface area contributed by atoms with Gasteiger partial charge in [0.1, 0.15) is 27.1 Å². The van der Waals surface area contributed by atoms with E-state index in [-0.39, 0.29) is 5.37 Å². The number of nitrogens with zero attached hydrogens (tertiary/aromatic N) is 2. The predicted molar refractivity (Wildman–Crippen MR) is 131 cm³/mol. The fourth-order valence-electron chi connectivity index (χ4n) is 5.12. The summed E-state index contributed by atoms with van der Waals surface area (Å²) in [6, 6.07) is 32.4. The molecule has 6 heteroatoms. The number of para-hydroxylation sites is 4. The van der Waals surface area contributed by atoms with Crippen LogP contribution in [0.1, 0.15) is 10.9 Å². The number of rotatable bonds is 0. The molecule has 0 saturated carbocycles. The number of fused-ring (bicyclic) bond motifs is 12. The molecule has 8 rings (SSSR count). The van der Waals surface area contributed by atoms with Crippen molar-refractivity contribution in [2.24, 2.45) is 0 Å². The molecule has 0 bridgehead atoms. The SMILES string of the molecule is c1ccc2c(c1)OC1(Oc3ccccc3C3Sc4ccccc4N31)[n+]1c-2sc2ccccc21. The number of anilines is 1. The van der Waals surface area contributed by atoms with E-state index < -0.39 is 6.03 Å². The summed E-state index contributed by atoms with van der Waals surface area (Å²) in [7, 11) is 0. The Balaban J connectivity index is 1.51. The van der Waals surface area contributed by atoms with Crippen LogP contribution in [-0.4, -0.2) is 0 Å². The van der Waals surface area contributed by atoms with Gasteiger partial charge < -0.3 is 9.47 Å². The molecule has 4 heterocycles. The predicted octanol–water partition coefficient (Wildman–Crippen LogP) is 6.52. The second-order valence-electron chi connectivity index (χ2n) is 8.30. The third-order valence-corrected chi connectivity index (χ3v) is 8.94. The van der Waals surface area contributed by atoms with E-state index in [0.29, 0.717) is 0 Å². The maximum absolute atomic E-state index is 6.94. The summed E-state index contributed by atoms with van der Waals surface area (Å²) in [4.78, 5) is 3.54. The molecule has 0 saturated heterocycles. The lowest BCUT2D eigenvalue weighted by atomic mass is 10.1. The highest BCUT2D eigenvalue weighted by molar-refractivity contribution is 8.00. The summed E-state index contributed by atoms with van der Waals surface area (Å²) in [5.74, 6) is 1.68. The fourth-order valence-corrected chi connectivity index (χ4v) is 7.68. The smallest absolute Gasteiger partial charge is 0.380 e. The first-order chi connectivity index (χ1) is 16.3.